The normalized spacial score (nSPS) is 15.4. The summed E-state index contributed by atoms with van der Waals surface area (Å²) < 4.78 is 0. The highest BCUT2D eigenvalue weighted by atomic mass is 32.1. The standard InChI is InChI=1S/C12H21NS/c1-5-6-9(2)12(13-4)11-7-8-14-10(11)3/h7-9,12-13H,5-6H2,1-4H3. The van der Waals surface area contributed by atoms with Crippen molar-refractivity contribution >= 4 is 11.3 Å². The molecular weight excluding hydrogens is 190 g/mol. The zero-order valence-corrected chi connectivity index (χ0v) is 10.4. The summed E-state index contributed by atoms with van der Waals surface area (Å²) in [5.41, 5.74) is 1.48. The molecule has 0 saturated carbocycles. The third-order valence-electron chi connectivity index (χ3n) is 2.86. The van der Waals surface area contributed by atoms with Crippen molar-refractivity contribution in [3.05, 3.63) is 21.9 Å². The van der Waals surface area contributed by atoms with Gasteiger partial charge in [-0.25, -0.2) is 0 Å². The zero-order chi connectivity index (χ0) is 10.6. The Balaban J connectivity index is 2.76. The summed E-state index contributed by atoms with van der Waals surface area (Å²) in [7, 11) is 2.06. The Morgan fingerprint density at radius 3 is 2.64 bits per heavy atom. The summed E-state index contributed by atoms with van der Waals surface area (Å²) in [5, 5.41) is 5.62. The van der Waals surface area contributed by atoms with Crippen LogP contribution in [0.2, 0.25) is 0 Å². The molecule has 0 aliphatic rings. The van der Waals surface area contributed by atoms with Crippen molar-refractivity contribution in [3.8, 4) is 0 Å². The maximum absolute atomic E-state index is 3.44. The topological polar surface area (TPSA) is 12.0 Å². The van der Waals surface area contributed by atoms with E-state index in [1.807, 2.05) is 11.3 Å². The van der Waals surface area contributed by atoms with Gasteiger partial charge in [-0.2, -0.15) is 0 Å². The zero-order valence-electron chi connectivity index (χ0n) is 9.63. The maximum Gasteiger partial charge on any atom is 0.0354 e. The Hall–Kier alpha value is -0.340. The van der Waals surface area contributed by atoms with E-state index in [1.165, 1.54) is 23.3 Å². The molecule has 1 aromatic heterocycles. The Morgan fingerprint density at radius 1 is 1.50 bits per heavy atom. The van der Waals surface area contributed by atoms with Crippen molar-refractivity contribution < 1.29 is 0 Å². The average Bonchev–Trinajstić information content (AvgIpc) is 2.54. The molecule has 1 N–H and O–H groups in total. The van der Waals surface area contributed by atoms with Gasteiger partial charge in [0.1, 0.15) is 0 Å². The lowest BCUT2D eigenvalue weighted by Gasteiger charge is -2.23. The number of hydrogen-bond acceptors (Lipinski definition) is 2. The fourth-order valence-electron chi connectivity index (χ4n) is 2.09. The summed E-state index contributed by atoms with van der Waals surface area (Å²) >= 11 is 1.84. The molecule has 0 amide bonds. The van der Waals surface area contributed by atoms with Gasteiger partial charge in [-0.15, -0.1) is 11.3 Å². The summed E-state index contributed by atoms with van der Waals surface area (Å²) in [6.07, 6.45) is 2.56. The highest BCUT2D eigenvalue weighted by Gasteiger charge is 2.18. The summed E-state index contributed by atoms with van der Waals surface area (Å²) in [6, 6.07) is 2.79. The number of thiophene rings is 1. The van der Waals surface area contributed by atoms with Crippen LogP contribution in [0.25, 0.3) is 0 Å². The summed E-state index contributed by atoms with van der Waals surface area (Å²) in [6.45, 7) is 6.80. The molecule has 0 bridgehead atoms. The highest BCUT2D eigenvalue weighted by molar-refractivity contribution is 7.10. The molecule has 0 aliphatic heterocycles. The predicted octanol–water partition coefficient (Wildman–Crippen LogP) is 3.75. The lowest BCUT2D eigenvalue weighted by Crippen LogP contribution is -2.23. The van der Waals surface area contributed by atoms with Crippen LogP contribution in [0.3, 0.4) is 0 Å². The Bertz CT molecular complexity index is 267. The van der Waals surface area contributed by atoms with Gasteiger partial charge in [0.05, 0.1) is 0 Å². The largest absolute Gasteiger partial charge is 0.313 e. The quantitative estimate of drug-likeness (QED) is 0.782. The Kier molecular flexibility index (Phi) is 4.63. The molecule has 0 spiro atoms. The Labute approximate surface area is 91.5 Å². The first-order valence-electron chi connectivity index (χ1n) is 5.42. The van der Waals surface area contributed by atoms with Crippen molar-refractivity contribution in [3.63, 3.8) is 0 Å². The van der Waals surface area contributed by atoms with Crippen molar-refractivity contribution in [2.75, 3.05) is 7.05 Å². The molecule has 0 aromatic carbocycles. The van der Waals surface area contributed by atoms with Crippen molar-refractivity contribution in [2.24, 2.45) is 5.92 Å². The van der Waals surface area contributed by atoms with Crippen LogP contribution in [0.4, 0.5) is 0 Å². The third kappa shape index (κ3) is 2.58. The lowest BCUT2D eigenvalue weighted by molar-refractivity contribution is 0.383. The predicted molar refractivity (Wildman–Crippen MR) is 64.9 cm³/mol. The number of nitrogens with one attached hydrogen (secondary N) is 1. The molecule has 0 radical (unpaired) electrons. The van der Waals surface area contributed by atoms with Crippen molar-refractivity contribution in [1.29, 1.82) is 0 Å². The van der Waals surface area contributed by atoms with E-state index in [0.29, 0.717) is 6.04 Å². The molecule has 1 rings (SSSR count). The van der Waals surface area contributed by atoms with Gasteiger partial charge in [0.25, 0.3) is 0 Å². The van der Waals surface area contributed by atoms with E-state index in [2.05, 4.69) is 44.6 Å². The van der Waals surface area contributed by atoms with Gasteiger partial charge >= 0.3 is 0 Å². The van der Waals surface area contributed by atoms with Gasteiger partial charge in [-0.05, 0) is 43.3 Å². The van der Waals surface area contributed by atoms with Crippen molar-refractivity contribution in [2.45, 2.75) is 39.7 Å². The minimum absolute atomic E-state index is 0.529. The van der Waals surface area contributed by atoms with Crippen LogP contribution in [0.1, 0.15) is 43.2 Å². The second kappa shape index (κ2) is 5.52. The fraction of sp³-hybridized carbons (Fsp3) is 0.667. The SMILES string of the molecule is CCCC(C)C(NC)c1ccsc1C. The Morgan fingerprint density at radius 2 is 2.21 bits per heavy atom. The molecule has 2 unspecified atom stereocenters. The fourth-order valence-corrected chi connectivity index (χ4v) is 2.84. The van der Waals surface area contributed by atoms with Crippen LogP contribution in [0, 0.1) is 12.8 Å². The van der Waals surface area contributed by atoms with Crippen LogP contribution in [-0.4, -0.2) is 7.05 Å². The molecule has 1 nitrogen and oxygen atoms in total. The van der Waals surface area contributed by atoms with Gasteiger partial charge < -0.3 is 5.32 Å². The van der Waals surface area contributed by atoms with E-state index in [-0.39, 0.29) is 0 Å². The van der Waals surface area contributed by atoms with E-state index < -0.39 is 0 Å². The molecule has 80 valence electrons. The molecular formula is C12H21NS. The van der Waals surface area contributed by atoms with E-state index in [9.17, 15) is 0 Å². The van der Waals surface area contributed by atoms with E-state index in [1.54, 1.807) is 0 Å². The second-order valence-corrected chi connectivity index (χ2v) is 5.08. The molecule has 2 atom stereocenters. The first-order chi connectivity index (χ1) is 6.70. The van der Waals surface area contributed by atoms with Crippen LogP contribution in [0.5, 0.6) is 0 Å². The molecule has 14 heavy (non-hydrogen) atoms. The van der Waals surface area contributed by atoms with Gasteiger partial charge in [-0.1, -0.05) is 20.3 Å². The van der Waals surface area contributed by atoms with E-state index in [4.69, 9.17) is 0 Å². The minimum Gasteiger partial charge on any atom is -0.313 e. The molecule has 0 fully saturated rings. The number of rotatable bonds is 5. The summed E-state index contributed by atoms with van der Waals surface area (Å²) in [5.74, 6) is 0.721. The second-order valence-electron chi connectivity index (χ2n) is 3.96. The van der Waals surface area contributed by atoms with E-state index >= 15 is 0 Å². The third-order valence-corrected chi connectivity index (χ3v) is 3.72. The van der Waals surface area contributed by atoms with Gasteiger partial charge in [-0.3, -0.25) is 0 Å². The number of aryl methyl sites for hydroxylation is 1. The van der Waals surface area contributed by atoms with Gasteiger partial charge in [0, 0.05) is 10.9 Å². The van der Waals surface area contributed by atoms with Crippen LogP contribution in [0.15, 0.2) is 11.4 Å². The minimum atomic E-state index is 0.529. The first-order valence-corrected chi connectivity index (χ1v) is 6.29. The summed E-state index contributed by atoms with van der Waals surface area (Å²) in [4.78, 5) is 1.45. The van der Waals surface area contributed by atoms with Gasteiger partial charge in [0.2, 0.25) is 0 Å². The highest BCUT2D eigenvalue weighted by Crippen LogP contribution is 2.29. The smallest absolute Gasteiger partial charge is 0.0354 e. The van der Waals surface area contributed by atoms with Gasteiger partial charge in [0.15, 0.2) is 0 Å². The molecule has 0 aliphatic carbocycles. The van der Waals surface area contributed by atoms with E-state index in [0.717, 1.165) is 5.92 Å². The average molecular weight is 211 g/mol. The maximum atomic E-state index is 3.44. The van der Waals surface area contributed by atoms with Crippen LogP contribution in [-0.2, 0) is 0 Å². The molecule has 0 saturated heterocycles. The molecule has 1 heterocycles. The van der Waals surface area contributed by atoms with Crippen LogP contribution >= 0.6 is 11.3 Å². The molecule has 2 heteroatoms. The number of hydrogen-bond donors (Lipinski definition) is 1. The monoisotopic (exact) mass is 211 g/mol. The van der Waals surface area contributed by atoms with Crippen molar-refractivity contribution in [1.82, 2.24) is 5.32 Å². The first kappa shape index (κ1) is 11.7. The molecule has 1 aromatic rings. The van der Waals surface area contributed by atoms with Crippen LogP contribution < -0.4 is 5.32 Å². The lowest BCUT2D eigenvalue weighted by atomic mass is 9.91.